The molecule has 0 aliphatic rings. The minimum absolute atomic E-state index is 0.146. The van der Waals surface area contributed by atoms with Crippen LogP contribution in [0.4, 0.5) is 5.69 Å². The van der Waals surface area contributed by atoms with Gasteiger partial charge in [0.1, 0.15) is 29.3 Å². The maximum absolute atomic E-state index is 13.7. The molecule has 0 unspecified atom stereocenters. The number of nitrogens with two attached hydrogens (primary N) is 1. The lowest BCUT2D eigenvalue weighted by atomic mass is 10.1. The van der Waals surface area contributed by atoms with Gasteiger partial charge in [0.25, 0.3) is 17.2 Å². The Morgan fingerprint density at radius 2 is 1.80 bits per heavy atom. The third-order valence-electron chi connectivity index (χ3n) is 6.45. The highest BCUT2D eigenvalue weighted by molar-refractivity contribution is 6.11. The van der Waals surface area contributed by atoms with Gasteiger partial charge in [-0.1, -0.05) is 42.5 Å². The third-order valence-corrected chi connectivity index (χ3v) is 6.45. The third kappa shape index (κ3) is 6.23. The largest absolute Gasteiger partial charge is 0.496 e. The van der Waals surface area contributed by atoms with Crippen molar-refractivity contribution in [1.29, 1.82) is 0 Å². The molecule has 12 nitrogen and oxygen atoms in total. The molecule has 5 aromatic rings. The molecule has 1 amide bonds. The molecule has 44 heavy (non-hydrogen) atoms. The summed E-state index contributed by atoms with van der Waals surface area (Å²) in [6.45, 7) is 1.36. The van der Waals surface area contributed by atoms with Crippen molar-refractivity contribution >= 4 is 40.5 Å². The molecule has 3 aromatic carbocycles. The number of benzene rings is 3. The summed E-state index contributed by atoms with van der Waals surface area (Å²) in [6, 6.07) is 20.1. The first-order valence-corrected chi connectivity index (χ1v) is 13.5. The number of oxazole rings is 1. The minimum Gasteiger partial charge on any atom is -0.496 e. The van der Waals surface area contributed by atoms with E-state index < -0.39 is 29.8 Å². The zero-order valence-corrected chi connectivity index (χ0v) is 23.8. The highest BCUT2D eigenvalue weighted by Gasteiger charge is 2.24. The molecular weight excluding hydrogens is 566 g/mol. The van der Waals surface area contributed by atoms with E-state index in [0.29, 0.717) is 16.9 Å². The van der Waals surface area contributed by atoms with E-state index in [1.54, 1.807) is 61.5 Å². The summed E-state index contributed by atoms with van der Waals surface area (Å²) in [5, 5.41) is 2.60. The fourth-order valence-corrected chi connectivity index (χ4v) is 4.39. The fourth-order valence-electron chi connectivity index (χ4n) is 4.39. The lowest BCUT2D eigenvalue weighted by Crippen LogP contribution is -2.35. The lowest BCUT2D eigenvalue weighted by Gasteiger charge is -2.15. The molecule has 0 aliphatic carbocycles. The molecule has 0 saturated carbocycles. The van der Waals surface area contributed by atoms with E-state index in [-0.39, 0.29) is 46.4 Å². The number of nitrogens with zero attached hydrogens (tertiary/aromatic N) is 3. The van der Waals surface area contributed by atoms with Crippen LogP contribution in [-0.2, 0) is 16.1 Å². The monoisotopic (exact) mass is 593 g/mol. The Hall–Kier alpha value is -6.04. The van der Waals surface area contributed by atoms with Gasteiger partial charge in [-0.05, 0) is 48.9 Å². The Morgan fingerprint density at radius 3 is 2.55 bits per heavy atom. The summed E-state index contributed by atoms with van der Waals surface area (Å²) in [5.41, 5.74) is 6.69. The molecular formula is C32H27N5O7. The van der Waals surface area contributed by atoms with Crippen LogP contribution in [0.1, 0.15) is 33.5 Å². The molecule has 3 N–H and O–H groups in total. The number of methoxy groups -OCH3 is 1. The second-order valence-corrected chi connectivity index (χ2v) is 9.40. The maximum Gasteiger partial charge on any atom is 0.338 e. The Balaban J connectivity index is 1.49. The van der Waals surface area contributed by atoms with Gasteiger partial charge in [0.2, 0.25) is 5.91 Å². The van der Waals surface area contributed by atoms with Gasteiger partial charge in [-0.3, -0.25) is 19.0 Å². The molecule has 222 valence electrons. The van der Waals surface area contributed by atoms with Crippen molar-refractivity contribution in [3.8, 4) is 17.1 Å². The zero-order chi connectivity index (χ0) is 31.2. The molecule has 0 radical (unpaired) electrons. The molecule has 0 bridgehead atoms. The second-order valence-electron chi connectivity index (χ2n) is 9.40. The highest BCUT2D eigenvalue weighted by Crippen LogP contribution is 2.27. The van der Waals surface area contributed by atoms with Crippen LogP contribution in [0.25, 0.3) is 28.6 Å². The van der Waals surface area contributed by atoms with Crippen molar-refractivity contribution in [2.45, 2.75) is 13.5 Å². The van der Waals surface area contributed by atoms with Crippen molar-refractivity contribution < 1.29 is 28.3 Å². The van der Waals surface area contributed by atoms with E-state index in [9.17, 15) is 19.2 Å². The first-order valence-electron chi connectivity index (χ1n) is 13.5. The van der Waals surface area contributed by atoms with Crippen LogP contribution in [0.2, 0.25) is 0 Å². The molecule has 0 saturated heterocycles. The molecule has 12 heteroatoms. The van der Waals surface area contributed by atoms with Gasteiger partial charge >= 0.3 is 5.97 Å². The van der Waals surface area contributed by atoms with E-state index in [1.165, 1.54) is 37.6 Å². The maximum atomic E-state index is 13.7. The molecule has 0 spiro atoms. The SMILES string of the molecule is CCOC(=O)c1ccc2oc(C(=O)C(=Cc3ccccc3)NC(=O)Cn3c(-c4ccccc4OC)ncc(N)c3=O)nc2c1. The number of fused-ring (bicyclic) bond motifs is 1. The van der Waals surface area contributed by atoms with Gasteiger partial charge in [0.05, 0.1) is 36.7 Å². The molecule has 5 rings (SSSR count). The number of hydrogen-bond donors (Lipinski definition) is 2. The van der Waals surface area contributed by atoms with Gasteiger partial charge in [-0.2, -0.15) is 0 Å². The van der Waals surface area contributed by atoms with Crippen LogP contribution in [0.3, 0.4) is 0 Å². The van der Waals surface area contributed by atoms with Crippen LogP contribution in [-0.4, -0.2) is 45.9 Å². The van der Waals surface area contributed by atoms with Crippen LogP contribution < -0.4 is 21.3 Å². The summed E-state index contributed by atoms with van der Waals surface area (Å²) >= 11 is 0. The van der Waals surface area contributed by atoms with Crippen LogP contribution >= 0.6 is 0 Å². The number of para-hydroxylation sites is 1. The number of nitrogens with one attached hydrogen (secondary N) is 1. The van der Waals surface area contributed by atoms with Crippen molar-refractivity contribution in [2.75, 3.05) is 19.5 Å². The standard InChI is InChI=1S/C32H27N5O7/c1-3-43-32(41)20-13-14-26-23(16-20)36-30(44-26)28(39)24(15-19-9-5-4-6-10-19)35-27(38)18-37-29(34-17-22(33)31(37)40)21-11-7-8-12-25(21)42-2/h4-17H,3,18,33H2,1-2H3,(H,35,38). The van der Waals surface area contributed by atoms with Gasteiger partial charge in [-0.15, -0.1) is 0 Å². The number of aromatic nitrogens is 3. The number of allylic oxidation sites excluding steroid dienone is 1. The highest BCUT2D eigenvalue weighted by atomic mass is 16.5. The molecule has 0 aliphatic heterocycles. The summed E-state index contributed by atoms with van der Waals surface area (Å²) in [5.74, 6) is -1.73. The number of ether oxygens (including phenoxy) is 2. The topological polar surface area (TPSA) is 169 Å². The Labute approximate surface area is 250 Å². The van der Waals surface area contributed by atoms with E-state index in [1.807, 2.05) is 0 Å². The summed E-state index contributed by atoms with van der Waals surface area (Å²) in [7, 11) is 1.47. The lowest BCUT2D eigenvalue weighted by molar-refractivity contribution is -0.120. The number of ketones is 1. The number of nitrogen functional groups attached to an aromatic ring is 1. The number of carbonyl (C=O) groups excluding carboxylic acids is 3. The van der Waals surface area contributed by atoms with Gasteiger partial charge in [0.15, 0.2) is 5.58 Å². The van der Waals surface area contributed by atoms with E-state index in [2.05, 4.69) is 15.3 Å². The average Bonchev–Trinajstić information content (AvgIpc) is 3.47. The van der Waals surface area contributed by atoms with E-state index in [0.717, 1.165) is 4.57 Å². The van der Waals surface area contributed by atoms with E-state index in [4.69, 9.17) is 19.6 Å². The molecule has 0 fully saturated rings. The fraction of sp³-hybridized carbons (Fsp3) is 0.125. The number of Topliss-reactive ketones (excluding diaryl/α,β-unsaturated/α-hetero) is 1. The Bertz CT molecular complexity index is 1960. The zero-order valence-electron chi connectivity index (χ0n) is 23.8. The summed E-state index contributed by atoms with van der Waals surface area (Å²) < 4.78 is 17.2. The van der Waals surface area contributed by atoms with Crippen molar-refractivity contribution in [1.82, 2.24) is 19.9 Å². The number of hydrogen-bond acceptors (Lipinski definition) is 10. The second kappa shape index (κ2) is 12.9. The van der Waals surface area contributed by atoms with Gasteiger partial charge in [-0.25, -0.2) is 14.8 Å². The number of carbonyl (C=O) groups is 3. The minimum atomic E-state index is -0.737. The van der Waals surface area contributed by atoms with Crippen molar-refractivity contribution in [3.05, 3.63) is 112 Å². The molecule has 0 atom stereocenters. The Morgan fingerprint density at radius 1 is 1.05 bits per heavy atom. The quantitative estimate of drug-likeness (QED) is 0.138. The number of amides is 1. The summed E-state index contributed by atoms with van der Waals surface area (Å²) in [6.07, 6.45) is 2.67. The van der Waals surface area contributed by atoms with Gasteiger partial charge in [0, 0.05) is 0 Å². The van der Waals surface area contributed by atoms with E-state index >= 15 is 0 Å². The average molecular weight is 594 g/mol. The first-order chi connectivity index (χ1) is 21.3. The van der Waals surface area contributed by atoms with Crippen molar-refractivity contribution in [3.63, 3.8) is 0 Å². The number of esters is 1. The number of anilines is 1. The first kappa shape index (κ1) is 29.5. The van der Waals surface area contributed by atoms with Crippen LogP contribution in [0.5, 0.6) is 5.75 Å². The normalized spacial score (nSPS) is 11.3. The molecule has 2 heterocycles. The van der Waals surface area contributed by atoms with Gasteiger partial charge < -0.3 is 24.9 Å². The Kier molecular flexibility index (Phi) is 8.61. The number of rotatable bonds is 10. The summed E-state index contributed by atoms with van der Waals surface area (Å²) in [4.78, 5) is 60.9. The van der Waals surface area contributed by atoms with Crippen molar-refractivity contribution in [2.24, 2.45) is 0 Å². The van der Waals surface area contributed by atoms with Crippen LogP contribution in [0, 0.1) is 0 Å². The predicted octanol–water partition coefficient (Wildman–Crippen LogP) is 3.86. The molecule has 2 aromatic heterocycles. The van der Waals surface area contributed by atoms with Crippen LogP contribution in [0.15, 0.2) is 93.9 Å². The predicted molar refractivity (Wildman–Crippen MR) is 162 cm³/mol. The smallest absolute Gasteiger partial charge is 0.338 e.